The molecule has 0 bridgehead atoms. The number of nitrogens with zero attached hydrogens (tertiary/aromatic N) is 1. The van der Waals surface area contributed by atoms with Crippen LogP contribution in [0.4, 0.5) is 4.39 Å². The normalized spacial score (nSPS) is 26.5. The Hall–Kier alpha value is -1.38. The molecule has 0 saturated heterocycles. The fourth-order valence-corrected chi connectivity index (χ4v) is 1.91. The standard InChI is InChI=1S/C12H14FNO/c13-10-5-7-11(8-6-10)14-9-3-1-2-4-12(14)15/h2,4-7,11H,1,3,8-9H2. The Labute approximate surface area is 88.8 Å². The summed E-state index contributed by atoms with van der Waals surface area (Å²) < 4.78 is 12.8. The number of allylic oxidation sites excluding steroid dienone is 3. The fraction of sp³-hybridized carbons (Fsp3) is 0.417. The van der Waals surface area contributed by atoms with E-state index in [0.717, 1.165) is 19.4 Å². The lowest BCUT2D eigenvalue weighted by Gasteiger charge is -2.28. The Balaban J connectivity index is 2.07. The molecule has 2 rings (SSSR count). The van der Waals surface area contributed by atoms with E-state index in [1.165, 1.54) is 12.2 Å². The van der Waals surface area contributed by atoms with Gasteiger partial charge in [0.25, 0.3) is 0 Å². The molecule has 2 nitrogen and oxygen atoms in total. The maximum Gasteiger partial charge on any atom is 0.246 e. The Morgan fingerprint density at radius 2 is 2.27 bits per heavy atom. The third kappa shape index (κ3) is 2.35. The van der Waals surface area contributed by atoms with E-state index >= 15 is 0 Å². The molecule has 1 aliphatic heterocycles. The molecule has 0 N–H and O–H groups in total. The van der Waals surface area contributed by atoms with E-state index in [2.05, 4.69) is 0 Å². The van der Waals surface area contributed by atoms with E-state index in [0.29, 0.717) is 6.42 Å². The minimum absolute atomic E-state index is 0.0275. The second-order valence-corrected chi connectivity index (χ2v) is 3.83. The van der Waals surface area contributed by atoms with Crippen LogP contribution < -0.4 is 0 Å². The van der Waals surface area contributed by atoms with E-state index in [1.807, 2.05) is 11.0 Å². The lowest BCUT2D eigenvalue weighted by molar-refractivity contribution is -0.127. The van der Waals surface area contributed by atoms with Crippen molar-refractivity contribution in [1.29, 1.82) is 0 Å². The quantitative estimate of drug-likeness (QED) is 0.646. The fourth-order valence-electron chi connectivity index (χ4n) is 1.91. The van der Waals surface area contributed by atoms with Crippen LogP contribution in [-0.2, 0) is 4.79 Å². The monoisotopic (exact) mass is 207 g/mol. The van der Waals surface area contributed by atoms with Crippen molar-refractivity contribution >= 4 is 5.91 Å². The highest BCUT2D eigenvalue weighted by atomic mass is 19.1. The Morgan fingerprint density at radius 1 is 1.40 bits per heavy atom. The maximum absolute atomic E-state index is 12.8. The molecular formula is C12H14FNO. The van der Waals surface area contributed by atoms with Gasteiger partial charge >= 0.3 is 0 Å². The van der Waals surface area contributed by atoms with Crippen LogP contribution in [0.5, 0.6) is 0 Å². The van der Waals surface area contributed by atoms with Crippen molar-refractivity contribution in [3.8, 4) is 0 Å². The number of carbonyl (C=O) groups is 1. The lowest BCUT2D eigenvalue weighted by Crippen LogP contribution is -2.38. The summed E-state index contributed by atoms with van der Waals surface area (Å²) in [6, 6.07) is 0.0275. The molecule has 0 aromatic rings. The van der Waals surface area contributed by atoms with Gasteiger partial charge in [-0.3, -0.25) is 4.79 Å². The molecule has 3 heteroatoms. The average molecular weight is 207 g/mol. The average Bonchev–Trinajstić information content (AvgIpc) is 2.44. The molecule has 0 aromatic heterocycles. The molecule has 0 fully saturated rings. The largest absolute Gasteiger partial charge is 0.332 e. The predicted molar refractivity (Wildman–Crippen MR) is 56.8 cm³/mol. The zero-order valence-corrected chi connectivity index (χ0v) is 8.53. The van der Waals surface area contributed by atoms with Gasteiger partial charge in [0.2, 0.25) is 5.91 Å². The summed E-state index contributed by atoms with van der Waals surface area (Å²) in [5.41, 5.74) is 0. The van der Waals surface area contributed by atoms with Crippen molar-refractivity contribution in [3.05, 3.63) is 36.2 Å². The molecule has 1 heterocycles. The Bertz CT molecular complexity index is 344. The van der Waals surface area contributed by atoms with E-state index in [9.17, 15) is 9.18 Å². The van der Waals surface area contributed by atoms with Crippen LogP contribution in [0.2, 0.25) is 0 Å². The van der Waals surface area contributed by atoms with Gasteiger partial charge in [0.05, 0.1) is 6.04 Å². The van der Waals surface area contributed by atoms with Crippen molar-refractivity contribution in [2.24, 2.45) is 0 Å². The topological polar surface area (TPSA) is 20.3 Å². The van der Waals surface area contributed by atoms with Crippen LogP contribution >= 0.6 is 0 Å². The van der Waals surface area contributed by atoms with Crippen molar-refractivity contribution < 1.29 is 9.18 Å². The van der Waals surface area contributed by atoms with Crippen LogP contribution in [0.15, 0.2) is 36.2 Å². The van der Waals surface area contributed by atoms with Gasteiger partial charge in [0.1, 0.15) is 5.83 Å². The molecule has 1 unspecified atom stereocenters. The van der Waals surface area contributed by atoms with E-state index in [4.69, 9.17) is 0 Å². The summed E-state index contributed by atoms with van der Waals surface area (Å²) in [5.74, 6) is -0.165. The van der Waals surface area contributed by atoms with Crippen LogP contribution in [0.3, 0.4) is 0 Å². The molecule has 2 aliphatic rings. The van der Waals surface area contributed by atoms with Gasteiger partial charge in [-0.05, 0) is 37.5 Å². The van der Waals surface area contributed by atoms with Crippen LogP contribution in [-0.4, -0.2) is 23.4 Å². The molecule has 1 amide bonds. The summed E-state index contributed by atoms with van der Waals surface area (Å²) >= 11 is 0. The number of rotatable bonds is 1. The zero-order valence-electron chi connectivity index (χ0n) is 8.53. The first kappa shape index (κ1) is 10.1. The summed E-state index contributed by atoms with van der Waals surface area (Å²) in [5, 5.41) is 0. The van der Waals surface area contributed by atoms with Crippen LogP contribution in [0.25, 0.3) is 0 Å². The van der Waals surface area contributed by atoms with Crippen LogP contribution in [0.1, 0.15) is 19.3 Å². The summed E-state index contributed by atoms with van der Waals surface area (Å²) in [6.07, 6.45) is 10.8. The molecule has 0 radical (unpaired) electrons. The lowest BCUT2D eigenvalue weighted by atomic mass is 10.1. The van der Waals surface area contributed by atoms with E-state index in [-0.39, 0.29) is 17.8 Å². The van der Waals surface area contributed by atoms with Gasteiger partial charge in [0.15, 0.2) is 0 Å². The van der Waals surface area contributed by atoms with Crippen molar-refractivity contribution in [2.45, 2.75) is 25.3 Å². The Kier molecular flexibility index (Phi) is 2.99. The number of hydrogen-bond donors (Lipinski definition) is 0. The minimum atomic E-state index is -0.205. The van der Waals surface area contributed by atoms with Crippen molar-refractivity contribution in [2.75, 3.05) is 6.54 Å². The van der Waals surface area contributed by atoms with E-state index < -0.39 is 0 Å². The summed E-state index contributed by atoms with van der Waals surface area (Å²) in [4.78, 5) is 13.5. The third-order valence-corrected chi connectivity index (χ3v) is 2.75. The van der Waals surface area contributed by atoms with Gasteiger partial charge in [0, 0.05) is 6.54 Å². The second kappa shape index (κ2) is 4.43. The first-order valence-electron chi connectivity index (χ1n) is 5.28. The smallest absolute Gasteiger partial charge is 0.246 e. The number of hydrogen-bond acceptors (Lipinski definition) is 1. The molecule has 1 aliphatic carbocycles. The van der Waals surface area contributed by atoms with Crippen molar-refractivity contribution in [3.63, 3.8) is 0 Å². The molecule has 1 atom stereocenters. The predicted octanol–water partition coefficient (Wildman–Crippen LogP) is 2.35. The number of carbonyl (C=O) groups excluding carboxylic acids is 1. The number of amides is 1. The number of halogens is 1. The Morgan fingerprint density at radius 3 is 3.00 bits per heavy atom. The molecule has 15 heavy (non-hydrogen) atoms. The van der Waals surface area contributed by atoms with Gasteiger partial charge in [-0.15, -0.1) is 0 Å². The maximum atomic E-state index is 12.8. The summed E-state index contributed by atoms with van der Waals surface area (Å²) in [6.45, 7) is 0.760. The first-order valence-corrected chi connectivity index (χ1v) is 5.28. The van der Waals surface area contributed by atoms with Gasteiger partial charge in [-0.2, -0.15) is 0 Å². The molecule has 0 aromatic carbocycles. The highest BCUT2D eigenvalue weighted by Crippen LogP contribution is 2.18. The molecule has 0 spiro atoms. The van der Waals surface area contributed by atoms with E-state index in [1.54, 1.807) is 12.2 Å². The molecule has 0 saturated carbocycles. The second-order valence-electron chi connectivity index (χ2n) is 3.83. The highest BCUT2D eigenvalue weighted by Gasteiger charge is 2.21. The zero-order chi connectivity index (χ0) is 10.7. The van der Waals surface area contributed by atoms with Gasteiger partial charge in [-0.1, -0.05) is 12.2 Å². The molecular weight excluding hydrogens is 193 g/mol. The molecule has 80 valence electrons. The highest BCUT2D eigenvalue weighted by molar-refractivity contribution is 5.88. The minimum Gasteiger partial charge on any atom is -0.332 e. The SMILES string of the molecule is O=C1C=CCCCN1C1C=CC(F)=CC1. The summed E-state index contributed by atoms with van der Waals surface area (Å²) in [7, 11) is 0. The van der Waals surface area contributed by atoms with Crippen molar-refractivity contribution in [1.82, 2.24) is 4.90 Å². The third-order valence-electron chi connectivity index (χ3n) is 2.75. The van der Waals surface area contributed by atoms with Gasteiger partial charge in [-0.25, -0.2) is 4.39 Å². The van der Waals surface area contributed by atoms with Gasteiger partial charge < -0.3 is 4.90 Å². The first-order chi connectivity index (χ1) is 7.27. The van der Waals surface area contributed by atoms with Crippen LogP contribution in [0, 0.1) is 0 Å².